The normalized spacial score (nSPS) is 13.6. The first kappa shape index (κ1) is 17.2. The zero-order valence-electron chi connectivity index (χ0n) is 14.5. The number of hydrogen-bond acceptors (Lipinski definition) is 1. The number of nitrogens with zero attached hydrogens (tertiary/aromatic N) is 1. The van der Waals surface area contributed by atoms with Crippen LogP contribution in [0, 0.1) is 5.41 Å². The van der Waals surface area contributed by atoms with Gasteiger partial charge in [0, 0.05) is 12.2 Å². The molecule has 2 aromatic rings. The van der Waals surface area contributed by atoms with E-state index < -0.39 is 0 Å². The lowest BCUT2D eigenvalue weighted by molar-refractivity contribution is 0.306. The van der Waals surface area contributed by atoms with Crippen LogP contribution in [0.5, 0.6) is 0 Å². The van der Waals surface area contributed by atoms with Gasteiger partial charge in [-0.1, -0.05) is 81.4 Å². The number of hydrogen-bond donors (Lipinski definition) is 0. The third-order valence-electron chi connectivity index (χ3n) is 3.92. The van der Waals surface area contributed by atoms with E-state index in [1.807, 2.05) is 0 Å². The average Bonchev–Trinajstić information content (AvgIpc) is 2.47. The van der Waals surface area contributed by atoms with E-state index in [9.17, 15) is 0 Å². The molecule has 0 aliphatic rings. The van der Waals surface area contributed by atoms with Gasteiger partial charge in [0.2, 0.25) is 0 Å². The van der Waals surface area contributed by atoms with Gasteiger partial charge in [0.1, 0.15) is 0 Å². The molecule has 1 atom stereocenters. The molecule has 2 aromatic carbocycles. The molecular formula is C20H28NP. The highest BCUT2D eigenvalue weighted by molar-refractivity contribution is 7.73. The van der Waals surface area contributed by atoms with Crippen molar-refractivity contribution in [3.63, 3.8) is 0 Å². The first-order valence-electron chi connectivity index (χ1n) is 7.93. The van der Waals surface area contributed by atoms with E-state index in [0.29, 0.717) is 5.66 Å². The second kappa shape index (κ2) is 7.40. The SMILES string of the molecule is CN(C)C[C@H](P(c1ccccc1)c1ccccc1)C(C)(C)C. The van der Waals surface area contributed by atoms with E-state index in [4.69, 9.17) is 0 Å². The van der Waals surface area contributed by atoms with Gasteiger partial charge in [0.05, 0.1) is 0 Å². The molecule has 0 spiro atoms. The van der Waals surface area contributed by atoms with Gasteiger partial charge in [-0.15, -0.1) is 0 Å². The Hall–Kier alpha value is -1.17. The van der Waals surface area contributed by atoms with Crippen molar-refractivity contribution in [2.75, 3.05) is 20.6 Å². The summed E-state index contributed by atoms with van der Waals surface area (Å²) in [6.45, 7) is 8.24. The molecule has 2 heteroatoms. The Morgan fingerprint density at radius 3 is 1.55 bits per heavy atom. The fourth-order valence-electron chi connectivity index (χ4n) is 2.77. The standard InChI is InChI=1S/C20H28NP/c1-20(2,3)19(16-21(4)5)22(17-12-8-6-9-13-17)18-14-10-7-11-15-18/h6-15,19H,16H2,1-5H3/t19-/m0/s1. The first-order chi connectivity index (χ1) is 10.4. The molecule has 0 saturated heterocycles. The van der Waals surface area contributed by atoms with Gasteiger partial charge in [-0.2, -0.15) is 0 Å². The van der Waals surface area contributed by atoms with E-state index >= 15 is 0 Å². The molecule has 0 unspecified atom stereocenters. The summed E-state index contributed by atoms with van der Waals surface area (Å²) >= 11 is 0. The molecule has 22 heavy (non-hydrogen) atoms. The minimum atomic E-state index is -0.377. The predicted octanol–water partition coefficient (Wildman–Crippen LogP) is 4.10. The Morgan fingerprint density at radius 1 is 0.818 bits per heavy atom. The highest BCUT2D eigenvalue weighted by Gasteiger charge is 2.34. The van der Waals surface area contributed by atoms with Crippen molar-refractivity contribution in [1.82, 2.24) is 4.90 Å². The molecule has 0 bridgehead atoms. The van der Waals surface area contributed by atoms with Gasteiger partial charge < -0.3 is 4.90 Å². The van der Waals surface area contributed by atoms with E-state index in [1.54, 1.807) is 0 Å². The minimum absolute atomic E-state index is 0.266. The summed E-state index contributed by atoms with van der Waals surface area (Å²) in [6, 6.07) is 22.1. The van der Waals surface area contributed by atoms with Crippen LogP contribution in [0.3, 0.4) is 0 Å². The van der Waals surface area contributed by atoms with Gasteiger partial charge in [-0.05, 0) is 38.0 Å². The number of rotatable bonds is 5. The monoisotopic (exact) mass is 313 g/mol. The van der Waals surface area contributed by atoms with Crippen LogP contribution < -0.4 is 10.6 Å². The molecule has 0 aliphatic carbocycles. The Kier molecular flexibility index (Phi) is 5.78. The Morgan fingerprint density at radius 2 is 1.23 bits per heavy atom. The van der Waals surface area contributed by atoms with Gasteiger partial charge >= 0.3 is 0 Å². The summed E-state index contributed by atoms with van der Waals surface area (Å²) in [6.07, 6.45) is 0. The third kappa shape index (κ3) is 4.41. The van der Waals surface area contributed by atoms with Gasteiger partial charge in [0.25, 0.3) is 0 Å². The summed E-state index contributed by atoms with van der Waals surface area (Å²) in [5.74, 6) is 0. The van der Waals surface area contributed by atoms with Crippen LogP contribution in [0.25, 0.3) is 0 Å². The van der Waals surface area contributed by atoms with E-state index in [-0.39, 0.29) is 13.3 Å². The molecule has 0 aromatic heterocycles. The summed E-state index contributed by atoms with van der Waals surface area (Å²) in [4.78, 5) is 2.33. The van der Waals surface area contributed by atoms with Gasteiger partial charge in [-0.25, -0.2) is 0 Å². The molecule has 0 heterocycles. The van der Waals surface area contributed by atoms with Gasteiger partial charge in [-0.3, -0.25) is 0 Å². The maximum absolute atomic E-state index is 2.38. The Bertz CT molecular complexity index is 518. The quantitative estimate of drug-likeness (QED) is 0.751. The maximum atomic E-state index is 2.38. The predicted molar refractivity (Wildman–Crippen MR) is 101 cm³/mol. The average molecular weight is 313 g/mol. The Balaban J connectivity index is 2.51. The summed E-state index contributed by atoms with van der Waals surface area (Å²) in [5.41, 5.74) is 0.879. The molecule has 1 nitrogen and oxygen atoms in total. The van der Waals surface area contributed by atoms with E-state index in [1.165, 1.54) is 10.6 Å². The summed E-state index contributed by atoms with van der Waals surface area (Å²) in [5, 5.41) is 2.95. The lowest BCUT2D eigenvalue weighted by Gasteiger charge is -2.39. The van der Waals surface area contributed by atoms with Crippen molar-refractivity contribution < 1.29 is 0 Å². The zero-order chi connectivity index (χ0) is 16.2. The van der Waals surface area contributed by atoms with Crippen LogP contribution in [0.15, 0.2) is 60.7 Å². The molecular weight excluding hydrogens is 285 g/mol. The van der Waals surface area contributed by atoms with Crippen LogP contribution in [0.1, 0.15) is 20.8 Å². The van der Waals surface area contributed by atoms with Crippen LogP contribution in [-0.4, -0.2) is 31.2 Å². The lowest BCUT2D eigenvalue weighted by atomic mass is 9.91. The highest BCUT2D eigenvalue weighted by atomic mass is 31.1. The molecule has 0 saturated carbocycles. The second-order valence-corrected chi connectivity index (χ2v) is 9.58. The molecule has 0 fully saturated rings. The Labute approximate surface area is 137 Å². The smallest absolute Gasteiger partial charge is 0.00541 e. The fraction of sp³-hybridized carbons (Fsp3) is 0.400. The lowest BCUT2D eigenvalue weighted by Crippen LogP contribution is -2.39. The zero-order valence-corrected chi connectivity index (χ0v) is 15.3. The van der Waals surface area contributed by atoms with Crippen LogP contribution in [0.2, 0.25) is 0 Å². The summed E-state index contributed by atoms with van der Waals surface area (Å²) in [7, 11) is 3.99. The summed E-state index contributed by atoms with van der Waals surface area (Å²) < 4.78 is 0. The topological polar surface area (TPSA) is 3.24 Å². The number of benzene rings is 2. The van der Waals surface area contributed by atoms with Crippen LogP contribution in [0.4, 0.5) is 0 Å². The molecule has 0 N–H and O–H groups in total. The van der Waals surface area contributed by atoms with Crippen molar-refractivity contribution in [1.29, 1.82) is 0 Å². The van der Waals surface area contributed by atoms with E-state index in [0.717, 1.165) is 6.54 Å². The minimum Gasteiger partial charge on any atom is -0.309 e. The first-order valence-corrected chi connectivity index (χ1v) is 9.35. The van der Waals surface area contributed by atoms with Crippen molar-refractivity contribution in [2.45, 2.75) is 26.4 Å². The van der Waals surface area contributed by atoms with Crippen molar-refractivity contribution in [2.24, 2.45) is 5.41 Å². The van der Waals surface area contributed by atoms with Crippen molar-refractivity contribution >= 4 is 18.5 Å². The fourth-order valence-corrected chi connectivity index (χ4v) is 6.04. The third-order valence-corrected chi connectivity index (χ3v) is 7.19. The molecule has 0 aliphatic heterocycles. The van der Waals surface area contributed by atoms with Crippen LogP contribution in [-0.2, 0) is 0 Å². The molecule has 0 radical (unpaired) electrons. The highest BCUT2D eigenvalue weighted by Crippen LogP contribution is 2.47. The maximum Gasteiger partial charge on any atom is 0.00541 e. The van der Waals surface area contributed by atoms with Crippen molar-refractivity contribution in [3.8, 4) is 0 Å². The molecule has 118 valence electrons. The van der Waals surface area contributed by atoms with Gasteiger partial charge in [0.15, 0.2) is 0 Å². The van der Waals surface area contributed by atoms with Crippen molar-refractivity contribution in [3.05, 3.63) is 60.7 Å². The molecule has 2 rings (SSSR count). The second-order valence-electron chi connectivity index (χ2n) is 7.19. The van der Waals surface area contributed by atoms with Crippen LogP contribution >= 0.6 is 7.92 Å². The van der Waals surface area contributed by atoms with E-state index in [2.05, 4.69) is 100 Å². The molecule has 0 amide bonds. The largest absolute Gasteiger partial charge is 0.309 e.